The van der Waals surface area contributed by atoms with Crippen LogP contribution in [-0.4, -0.2) is 5.71 Å². The van der Waals surface area contributed by atoms with Crippen molar-refractivity contribution in [2.75, 3.05) is 0 Å². The summed E-state index contributed by atoms with van der Waals surface area (Å²) in [6.45, 7) is 2.14. The van der Waals surface area contributed by atoms with E-state index in [1.165, 1.54) is 82.7 Å². The molecule has 0 saturated carbocycles. The molecule has 1 nitrogen and oxygen atoms in total. The maximum absolute atomic E-state index is 5.31. The molecule has 48 heavy (non-hydrogen) atoms. The molecule has 0 spiro atoms. The van der Waals surface area contributed by atoms with Gasteiger partial charge in [0.1, 0.15) is 0 Å². The second-order valence-electron chi connectivity index (χ2n) is 12.7. The molecule has 0 amide bonds. The first-order valence-corrected chi connectivity index (χ1v) is 16.7. The van der Waals surface area contributed by atoms with Crippen LogP contribution in [0.25, 0.3) is 66.1 Å². The third-order valence-electron chi connectivity index (χ3n) is 9.86. The molecule has 9 rings (SSSR count). The van der Waals surface area contributed by atoms with Crippen LogP contribution in [0.2, 0.25) is 0 Å². The molecular formula is C47H33N. The van der Waals surface area contributed by atoms with Crippen LogP contribution < -0.4 is 0 Å². The molecule has 0 saturated heterocycles. The summed E-state index contributed by atoms with van der Waals surface area (Å²) in [4.78, 5) is 5.31. The Labute approximate surface area is 281 Å². The number of hydrogen-bond donors (Lipinski definition) is 0. The summed E-state index contributed by atoms with van der Waals surface area (Å²) in [6, 6.07) is 61.8. The SMILES string of the molecule is C/C1=N\c2cc(-c3ccc4c(-c5ccccc5)c5ccccc5c(-c5ccccc5)c4c3)ccc2Cc2ccccc2-c2ccccc21. The normalized spacial score (nSPS) is 13.4. The number of hydrogen-bond acceptors (Lipinski definition) is 1. The van der Waals surface area contributed by atoms with Gasteiger partial charge in [-0.25, -0.2) is 0 Å². The third kappa shape index (κ3) is 4.75. The maximum Gasteiger partial charge on any atom is 0.0674 e. The highest BCUT2D eigenvalue weighted by Crippen LogP contribution is 2.45. The summed E-state index contributed by atoms with van der Waals surface area (Å²) in [7, 11) is 0. The van der Waals surface area contributed by atoms with Crippen molar-refractivity contribution in [3.63, 3.8) is 0 Å². The maximum atomic E-state index is 5.31. The minimum Gasteiger partial charge on any atom is -0.253 e. The number of fused-ring (bicyclic) bond motifs is 6. The Morgan fingerprint density at radius 3 is 1.60 bits per heavy atom. The zero-order chi connectivity index (χ0) is 32.0. The van der Waals surface area contributed by atoms with Crippen LogP contribution in [0, 0.1) is 0 Å². The fraction of sp³-hybridized carbons (Fsp3) is 0.0426. The summed E-state index contributed by atoms with van der Waals surface area (Å²) in [6.07, 6.45) is 0.833. The van der Waals surface area contributed by atoms with E-state index in [9.17, 15) is 0 Å². The number of rotatable bonds is 3. The van der Waals surface area contributed by atoms with Crippen LogP contribution in [0.4, 0.5) is 5.69 Å². The molecule has 0 unspecified atom stereocenters. The average molecular weight is 612 g/mol. The summed E-state index contributed by atoms with van der Waals surface area (Å²) < 4.78 is 0. The van der Waals surface area contributed by atoms with Crippen LogP contribution in [0.15, 0.2) is 175 Å². The lowest BCUT2D eigenvalue weighted by Crippen LogP contribution is -1.98. The summed E-state index contributed by atoms with van der Waals surface area (Å²) in [5.74, 6) is 0. The van der Waals surface area contributed by atoms with Crippen LogP contribution in [0.3, 0.4) is 0 Å². The molecule has 0 aromatic heterocycles. The van der Waals surface area contributed by atoms with E-state index in [1.807, 2.05) is 0 Å². The van der Waals surface area contributed by atoms with Crippen LogP contribution >= 0.6 is 0 Å². The summed E-state index contributed by atoms with van der Waals surface area (Å²) >= 11 is 0. The molecule has 0 atom stereocenters. The highest BCUT2D eigenvalue weighted by atomic mass is 14.7. The highest BCUT2D eigenvalue weighted by molar-refractivity contribution is 6.22. The van der Waals surface area contributed by atoms with Crippen LogP contribution in [0.5, 0.6) is 0 Å². The Kier molecular flexibility index (Phi) is 6.83. The molecular weight excluding hydrogens is 579 g/mol. The van der Waals surface area contributed by atoms with Crippen LogP contribution in [-0.2, 0) is 6.42 Å². The molecule has 8 aromatic rings. The lowest BCUT2D eigenvalue weighted by molar-refractivity contribution is 1.19. The third-order valence-corrected chi connectivity index (χ3v) is 9.86. The van der Waals surface area contributed by atoms with E-state index >= 15 is 0 Å². The molecule has 1 aliphatic heterocycles. The van der Waals surface area contributed by atoms with Gasteiger partial charge < -0.3 is 0 Å². The molecule has 0 aliphatic carbocycles. The first-order chi connectivity index (χ1) is 23.7. The fourth-order valence-corrected chi connectivity index (χ4v) is 7.60. The number of benzene rings is 8. The van der Waals surface area contributed by atoms with E-state index in [0.717, 1.165) is 17.8 Å². The van der Waals surface area contributed by atoms with Gasteiger partial charge in [-0.2, -0.15) is 0 Å². The lowest BCUT2D eigenvalue weighted by atomic mass is 9.85. The molecule has 8 aromatic carbocycles. The van der Waals surface area contributed by atoms with Gasteiger partial charge >= 0.3 is 0 Å². The first-order valence-electron chi connectivity index (χ1n) is 16.7. The van der Waals surface area contributed by atoms with Gasteiger partial charge in [-0.1, -0.05) is 158 Å². The predicted molar refractivity (Wildman–Crippen MR) is 204 cm³/mol. The van der Waals surface area contributed by atoms with E-state index < -0.39 is 0 Å². The molecule has 1 heteroatoms. The Hall–Kier alpha value is -6.05. The second kappa shape index (κ2) is 11.6. The Bertz CT molecular complexity index is 2520. The van der Waals surface area contributed by atoms with Gasteiger partial charge in [-0.15, -0.1) is 0 Å². The van der Waals surface area contributed by atoms with E-state index in [1.54, 1.807) is 0 Å². The van der Waals surface area contributed by atoms with Crippen molar-refractivity contribution in [1.82, 2.24) is 0 Å². The second-order valence-corrected chi connectivity index (χ2v) is 12.7. The van der Waals surface area contributed by atoms with E-state index in [4.69, 9.17) is 4.99 Å². The zero-order valence-corrected chi connectivity index (χ0v) is 26.8. The first kappa shape index (κ1) is 28.2. The van der Waals surface area contributed by atoms with Gasteiger partial charge in [0.05, 0.1) is 5.69 Å². The van der Waals surface area contributed by atoms with Crippen molar-refractivity contribution in [1.29, 1.82) is 0 Å². The molecule has 1 heterocycles. The number of nitrogens with zero attached hydrogens (tertiary/aromatic N) is 1. The Morgan fingerprint density at radius 2 is 0.896 bits per heavy atom. The molecule has 226 valence electrons. The van der Waals surface area contributed by atoms with Crippen molar-refractivity contribution in [3.8, 4) is 44.5 Å². The van der Waals surface area contributed by atoms with E-state index in [-0.39, 0.29) is 0 Å². The monoisotopic (exact) mass is 611 g/mol. The van der Waals surface area contributed by atoms with Gasteiger partial charge in [0, 0.05) is 17.7 Å². The van der Waals surface area contributed by atoms with E-state index in [2.05, 4.69) is 177 Å². The minimum atomic E-state index is 0.833. The summed E-state index contributed by atoms with van der Waals surface area (Å²) in [5, 5.41) is 5.04. The van der Waals surface area contributed by atoms with Crippen molar-refractivity contribution < 1.29 is 0 Å². The molecule has 0 N–H and O–H groups in total. The topological polar surface area (TPSA) is 12.4 Å². The quantitative estimate of drug-likeness (QED) is 0.176. The average Bonchev–Trinajstić information content (AvgIpc) is 3.19. The lowest BCUT2D eigenvalue weighted by Gasteiger charge is -2.19. The van der Waals surface area contributed by atoms with Gasteiger partial charge in [0.15, 0.2) is 0 Å². The van der Waals surface area contributed by atoms with Crippen LogP contribution in [0.1, 0.15) is 23.6 Å². The molecule has 0 fully saturated rings. The van der Waals surface area contributed by atoms with E-state index in [0.29, 0.717) is 0 Å². The number of aliphatic imine (C=N–C) groups is 1. The highest BCUT2D eigenvalue weighted by Gasteiger charge is 2.19. The van der Waals surface area contributed by atoms with Gasteiger partial charge in [-0.05, 0) is 96.2 Å². The molecule has 1 aliphatic rings. The zero-order valence-electron chi connectivity index (χ0n) is 26.8. The van der Waals surface area contributed by atoms with Gasteiger partial charge in [-0.3, -0.25) is 4.99 Å². The largest absolute Gasteiger partial charge is 0.253 e. The standard InChI is InChI=1S/C47H33N/c1-31-38-19-10-11-21-40(38)39-20-9-8-18-36(39)28-37-25-24-35(30-45(37)48-31)34-26-27-43-44(29-34)47(33-16-6-3-7-17-33)42-23-13-12-22-41(42)46(43)32-14-4-2-5-15-32/h2-27,29-30H,28H2,1H3/b48-31+. The van der Waals surface area contributed by atoms with Gasteiger partial charge in [0.2, 0.25) is 0 Å². The predicted octanol–water partition coefficient (Wildman–Crippen LogP) is 12.7. The van der Waals surface area contributed by atoms with Crippen molar-refractivity contribution in [2.45, 2.75) is 13.3 Å². The fourth-order valence-electron chi connectivity index (χ4n) is 7.60. The summed E-state index contributed by atoms with van der Waals surface area (Å²) in [5.41, 5.74) is 15.7. The van der Waals surface area contributed by atoms with Crippen molar-refractivity contribution >= 4 is 32.9 Å². The molecule has 0 radical (unpaired) electrons. The Morgan fingerprint density at radius 1 is 0.375 bits per heavy atom. The smallest absolute Gasteiger partial charge is 0.0674 e. The van der Waals surface area contributed by atoms with Gasteiger partial charge in [0.25, 0.3) is 0 Å². The van der Waals surface area contributed by atoms with Crippen molar-refractivity contribution in [2.24, 2.45) is 4.99 Å². The minimum absolute atomic E-state index is 0.833. The molecule has 0 bridgehead atoms. The Balaban J connectivity index is 1.28. The van der Waals surface area contributed by atoms with Crippen molar-refractivity contribution in [3.05, 3.63) is 187 Å².